The van der Waals surface area contributed by atoms with E-state index in [0.29, 0.717) is 12.0 Å². The van der Waals surface area contributed by atoms with Crippen LogP contribution in [0.15, 0.2) is 5.38 Å². The molecule has 2 aliphatic carbocycles. The van der Waals surface area contributed by atoms with Gasteiger partial charge in [-0.3, -0.25) is 9.20 Å². The number of carboxylic acids is 1. The molecule has 2 N–H and O–H groups in total. The van der Waals surface area contributed by atoms with Crippen LogP contribution >= 0.6 is 11.3 Å². The van der Waals surface area contributed by atoms with E-state index in [-0.39, 0.29) is 6.42 Å². The molecular formula is C19H27N3O2S. The molecule has 2 aromatic rings. The molecule has 0 unspecified atom stereocenters. The van der Waals surface area contributed by atoms with Crippen molar-refractivity contribution in [2.75, 3.05) is 5.32 Å². The van der Waals surface area contributed by atoms with Gasteiger partial charge in [0.15, 0.2) is 4.96 Å². The zero-order valence-corrected chi connectivity index (χ0v) is 15.5. The molecule has 25 heavy (non-hydrogen) atoms. The number of thiazole rings is 1. The first kappa shape index (κ1) is 16.9. The number of carboxylic acid groups (broad SMARTS) is 1. The van der Waals surface area contributed by atoms with Crippen molar-refractivity contribution in [3.05, 3.63) is 16.8 Å². The lowest BCUT2D eigenvalue weighted by Crippen LogP contribution is -2.24. The van der Waals surface area contributed by atoms with Gasteiger partial charge in [-0.25, -0.2) is 4.98 Å². The number of hydrogen-bond acceptors (Lipinski definition) is 4. The van der Waals surface area contributed by atoms with Crippen LogP contribution in [0.2, 0.25) is 0 Å². The fraction of sp³-hybridized carbons (Fsp3) is 0.684. The van der Waals surface area contributed by atoms with E-state index >= 15 is 0 Å². The van der Waals surface area contributed by atoms with Gasteiger partial charge >= 0.3 is 5.97 Å². The first-order chi connectivity index (χ1) is 12.2. The highest BCUT2D eigenvalue weighted by Crippen LogP contribution is 2.39. The summed E-state index contributed by atoms with van der Waals surface area (Å²) in [6.07, 6.45) is 12.7. The maximum absolute atomic E-state index is 11.3. The summed E-state index contributed by atoms with van der Waals surface area (Å²) in [5.41, 5.74) is 2.03. The van der Waals surface area contributed by atoms with Gasteiger partial charge in [0.1, 0.15) is 5.82 Å². The van der Waals surface area contributed by atoms with Crippen molar-refractivity contribution in [1.82, 2.24) is 9.38 Å². The van der Waals surface area contributed by atoms with Crippen LogP contribution in [-0.2, 0) is 11.2 Å². The van der Waals surface area contributed by atoms with Crippen LogP contribution in [0.25, 0.3) is 4.96 Å². The molecule has 2 heterocycles. The minimum atomic E-state index is -0.781. The molecule has 136 valence electrons. The molecular weight excluding hydrogens is 334 g/mol. The molecule has 2 aromatic heterocycles. The number of nitrogens with one attached hydrogen (secondary N) is 1. The summed E-state index contributed by atoms with van der Waals surface area (Å²) >= 11 is 1.57. The fourth-order valence-corrected chi connectivity index (χ4v) is 5.35. The van der Waals surface area contributed by atoms with E-state index in [2.05, 4.69) is 9.72 Å². The quantitative estimate of drug-likeness (QED) is 0.801. The number of carbonyl (C=O) groups is 1. The highest BCUT2D eigenvalue weighted by molar-refractivity contribution is 7.15. The Balaban J connectivity index is 1.72. The Labute approximate surface area is 152 Å². The number of aromatic nitrogens is 2. The number of hydrogen-bond donors (Lipinski definition) is 2. The Kier molecular flexibility index (Phi) is 4.97. The summed E-state index contributed by atoms with van der Waals surface area (Å²) in [5, 5.41) is 15.0. The van der Waals surface area contributed by atoms with Crippen LogP contribution in [0.3, 0.4) is 0 Å². The molecule has 2 aliphatic rings. The molecule has 6 heteroatoms. The average Bonchev–Trinajstić information content (AvgIpc) is 3.17. The molecule has 4 rings (SSSR count). The van der Waals surface area contributed by atoms with Gasteiger partial charge in [-0.2, -0.15) is 0 Å². The highest BCUT2D eigenvalue weighted by Gasteiger charge is 2.27. The molecule has 0 bridgehead atoms. The second kappa shape index (κ2) is 7.36. The Morgan fingerprint density at radius 1 is 1.16 bits per heavy atom. The number of rotatable bonds is 5. The van der Waals surface area contributed by atoms with Crippen molar-refractivity contribution in [2.45, 2.75) is 82.6 Å². The van der Waals surface area contributed by atoms with Crippen molar-refractivity contribution < 1.29 is 9.90 Å². The van der Waals surface area contributed by atoms with Crippen LogP contribution in [0, 0.1) is 0 Å². The maximum atomic E-state index is 11.3. The third-order valence-corrected chi connectivity index (χ3v) is 6.61. The van der Waals surface area contributed by atoms with Crippen molar-refractivity contribution in [2.24, 2.45) is 0 Å². The molecule has 0 spiro atoms. The molecule has 0 atom stereocenters. The van der Waals surface area contributed by atoms with E-state index in [4.69, 9.17) is 4.98 Å². The number of anilines is 1. The molecule has 2 saturated carbocycles. The monoisotopic (exact) mass is 361 g/mol. The minimum absolute atomic E-state index is 0.0554. The summed E-state index contributed by atoms with van der Waals surface area (Å²) in [7, 11) is 0. The Morgan fingerprint density at radius 3 is 2.52 bits per heavy atom. The Morgan fingerprint density at radius 2 is 1.84 bits per heavy atom. The van der Waals surface area contributed by atoms with Crippen LogP contribution < -0.4 is 5.32 Å². The van der Waals surface area contributed by atoms with Crippen LogP contribution in [-0.4, -0.2) is 26.5 Å². The van der Waals surface area contributed by atoms with Gasteiger partial charge < -0.3 is 10.4 Å². The lowest BCUT2D eigenvalue weighted by molar-refractivity contribution is -0.136. The van der Waals surface area contributed by atoms with E-state index in [0.717, 1.165) is 16.5 Å². The lowest BCUT2D eigenvalue weighted by Gasteiger charge is -2.26. The van der Waals surface area contributed by atoms with E-state index in [9.17, 15) is 9.90 Å². The first-order valence-corrected chi connectivity index (χ1v) is 10.6. The highest BCUT2D eigenvalue weighted by atomic mass is 32.1. The van der Waals surface area contributed by atoms with E-state index < -0.39 is 5.97 Å². The van der Waals surface area contributed by atoms with Gasteiger partial charge in [-0.1, -0.05) is 38.5 Å². The Hall–Kier alpha value is -1.56. The molecule has 0 aromatic carbocycles. The van der Waals surface area contributed by atoms with Crippen molar-refractivity contribution in [1.29, 1.82) is 0 Å². The van der Waals surface area contributed by atoms with Crippen LogP contribution in [0.4, 0.5) is 5.82 Å². The van der Waals surface area contributed by atoms with Crippen molar-refractivity contribution in [3.63, 3.8) is 0 Å². The molecule has 0 amide bonds. The summed E-state index contributed by atoms with van der Waals surface area (Å²) < 4.78 is 2.09. The zero-order chi connectivity index (χ0) is 17.2. The second-order valence-corrected chi connectivity index (χ2v) is 8.41. The minimum Gasteiger partial charge on any atom is -0.481 e. The first-order valence-electron chi connectivity index (χ1n) is 9.69. The van der Waals surface area contributed by atoms with E-state index in [1.807, 2.05) is 5.38 Å². The van der Waals surface area contributed by atoms with E-state index in [1.165, 1.54) is 69.9 Å². The van der Waals surface area contributed by atoms with Gasteiger partial charge in [0.25, 0.3) is 0 Å². The van der Waals surface area contributed by atoms with Crippen molar-refractivity contribution >= 4 is 28.1 Å². The van der Waals surface area contributed by atoms with Gasteiger partial charge in [-0.15, -0.1) is 11.3 Å². The molecule has 2 fully saturated rings. The Bertz CT molecular complexity index is 739. The average molecular weight is 362 g/mol. The molecule has 0 saturated heterocycles. The number of aliphatic carboxylic acids is 1. The zero-order valence-electron chi connectivity index (χ0n) is 14.7. The lowest BCUT2D eigenvalue weighted by atomic mass is 9.86. The van der Waals surface area contributed by atoms with Crippen molar-refractivity contribution in [3.8, 4) is 0 Å². The van der Waals surface area contributed by atoms with Crippen LogP contribution in [0.5, 0.6) is 0 Å². The molecule has 0 radical (unpaired) electrons. The second-order valence-electron chi connectivity index (χ2n) is 7.58. The van der Waals surface area contributed by atoms with Gasteiger partial charge in [0, 0.05) is 23.0 Å². The largest absolute Gasteiger partial charge is 0.481 e. The van der Waals surface area contributed by atoms with Gasteiger partial charge in [0.2, 0.25) is 0 Å². The number of imidazole rings is 1. The number of nitrogens with zero attached hydrogens (tertiary/aromatic N) is 2. The summed E-state index contributed by atoms with van der Waals surface area (Å²) in [6, 6.07) is 0.494. The summed E-state index contributed by atoms with van der Waals surface area (Å²) in [5.74, 6) is 0.826. The topological polar surface area (TPSA) is 66.6 Å². The summed E-state index contributed by atoms with van der Waals surface area (Å²) in [4.78, 5) is 17.2. The van der Waals surface area contributed by atoms with E-state index in [1.54, 1.807) is 11.3 Å². The standard InChI is InChI=1S/C19H27N3O2S/c23-16(24)11-15-12-25-19-21-17(13-7-3-1-4-8-13)18(22(15)19)20-14-9-5-2-6-10-14/h12-14,20H,1-11H2,(H,23,24). The SMILES string of the molecule is O=C(O)Cc1csc2nc(C3CCCCC3)c(NC3CCCCC3)n12. The van der Waals surface area contributed by atoms with Gasteiger partial charge in [-0.05, 0) is 25.7 Å². The third kappa shape index (κ3) is 3.54. The normalized spacial score (nSPS) is 20.2. The van der Waals surface area contributed by atoms with Crippen LogP contribution in [0.1, 0.15) is 81.5 Å². The summed E-state index contributed by atoms with van der Waals surface area (Å²) in [6.45, 7) is 0. The predicted octanol–water partition coefficient (Wildman–Crippen LogP) is 4.82. The molecule has 5 nitrogen and oxygen atoms in total. The maximum Gasteiger partial charge on any atom is 0.309 e. The smallest absolute Gasteiger partial charge is 0.309 e. The number of fused-ring (bicyclic) bond motifs is 1. The fourth-order valence-electron chi connectivity index (χ4n) is 4.45. The predicted molar refractivity (Wildman–Crippen MR) is 101 cm³/mol. The third-order valence-electron chi connectivity index (χ3n) is 5.73. The van der Waals surface area contributed by atoms with Gasteiger partial charge in [0.05, 0.1) is 12.1 Å². The molecule has 0 aliphatic heterocycles.